The average Bonchev–Trinajstić information content (AvgIpc) is 2.40. The minimum atomic E-state index is -0.136. The molecule has 0 radical (unpaired) electrons. The van der Waals surface area contributed by atoms with E-state index in [9.17, 15) is 4.79 Å². The van der Waals surface area contributed by atoms with Crippen molar-refractivity contribution in [3.63, 3.8) is 0 Å². The first-order chi connectivity index (χ1) is 8.75. The predicted molar refractivity (Wildman–Crippen MR) is 70.3 cm³/mol. The van der Waals surface area contributed by atoms with E-state index in [1.54, 1.807) is 6.20 Å². The fourth-order valence-electron chi connectivity index (χ4n) is 2.13. The largest absolute Gasteiger partial charge is 0.350 e. The zero-order valence-corrected chi connectivity index (χ0v) is 10.8. The first kappa shape index (κ1) is 12.7. The molecular formula is C14H19N3O. The molecule has 4 nitrogen and oxygen atoms in total. The number of aromatic nitrogens is 2. The van der Waals surface area contributed by atoms with Crippen LogP contribution in [0.4, 0.5) is 0 Å². The average molecular weight is 245 g/mol. The smallest absolute Gasteiger partial charge is 0.271 e. The SMILES string of the molecule is Cc1cncc(C(=O)NCCC2=CCCCC2)n1. The highest BCUT2D eigenvalue weighted by Gasteiger charge is 2.08. The molecule has 0 bridgehead atoms. The van der Waals surface area contributed by atoms with Gasteiger partial charge in [0.25, 0.3) is 5.91 Å². The van der Waals surface area contributed by atoms with Gasteiger partial charge < -0.3 is 5.32 Å². The van der Waals surface area contributed by atoms with E-state index in [-0.39, 0.29) is 5.91 Å². The van der Waals surface area contributed by atoms with E-state index < -0.39 is 0 Å². The molecule has 1 aromatic heterocycles. The predicted octanol–water partition coefficient (Wildman–Crippen LogP) is 2.41. The summed E-state index contributed by atoms with van der Waals surface area (Å²) in [5.74, 6) is -0.136. The molecule has 1 heterocycles. The molecule has 0 fully saturated rings. The van der Waals surface area contributed by atoms with Crippen molar-refractivity contribution in [1.82, 2.24) is 15.3 Å². The van der Waals surface area contributed by atoms with E-state index in [0.717, 1.165) is 12.1 Å². The number of carbonyl (C=O) groups is 1. The molecule has 1 amide bonds. The summed E-state index contributed by atoms with van der Waals surface area (Å²) in [4.78, 5) is 19.9. The minimum absolute atomic E-state index is 0.136. The van der Waals surface area contributed by atoms with Gasteiger partial charge in [-0.1, -0.05) is 11.6 Å². The number of nitrogens with zero attached hydrogens (tertiary/aromatic N) is 2. The molecule has 0 saturated heterocycles. The normalized spacial score (nSPS) is 15.1. The fourth-order valence-corrected chi connectivity index (χ4v) is 2.13. The van der Waals surface area contributed by atoms with E-state index in [0.29, 0.717) is 12.2 Å². The quantitative estimate of drug-likeness (QED) is 0.829. The number of rotatable bonds is 4. The molecule has 0 saturated carbocycles. The lowest BCUT2D eigenvalue weighted by Crippen LogP contribution is -2.26. The van der Waals surface area contributed by atoms with Crippen molar-refractivity contribution in [2.45, 2.75) is 39.0 Å². The third kappa shape index (κ3) is 3.65. The maximum absolute atomic E-state index is 11.8. The first-order valence-corrected chi connectivity index (χ1v) is 6.50. The highest BCUT2D eigenvalue weighted by Crippen LogP contribution is 2.19. The van der Waals surface area contributed by atoms with Gasteiger partial charge in [0.1, 0.15) is 5.69 Å². The second-order valence-corrected chi connectivity index (χ2v) is 4.66. The summed E-state index contributed by atoms with van der Waals surface area (Å²) in [6.07, 6.45) is 11.4. The molecule has 1 aromatic rings. The summed E-state index contributed by atoms with van der Waals surface area (Å²) in [6, 6.07) is 0. The number of nitrogens with one attached hydrogen (secondary N) is 1. The highest BCUT2D eigenvalue weighted by molar-refractivity contribution is 5.91. The summed E-state index contributed by atoms with van der Waals surface area (Å²) in [5, 5.41) is 2.89. The highest BCUT2D eigenvalue weighted by atomic mass is 16.1. The molecule has 18 heavy (non-hydrogen) atoms. The summed E-state index contributed by atoms with van der Waals surface area (Å²) < 4.78 is 0. The molecule has 0 aromatic carbocycles. The number of hydrogen-bond donors (Lipinski definition) is 1. The number of hydrogen-bond acceptors (Lipinski definition) is 3. The Balaban J connectivity index is 1.79. The Morgan fingerprint density at radius 1 is 1.39 bits per heavy atom. The summed E-state index contributed by atoms with van der Waals surface area (Å²) in [7, 11) is 0. The van der Waals surface area contributed by atoms with Crippen LogP contribution >= 0.6 is 0 Å². The van der Waals surface area contributed by atoms with Crippen LogP contribution in [0.2, 0.25) is 0 Å². The molecule has 2 rings (SSSR count). The number of amides is 1. The van der Waals surface area contributed by atoms with Crippen molar-refractivity contribution in [2.24, 2.45) is 0 Å². The Hall–Kier alpha value is -1.71. The Labute approximate surface area is 108 Å². The summed E-state index contributed by atoms with van der Waals surface area (Å²) in [5.41, 5.74) is 2.63. The van der Waals surface area contributed by atoms with E-state index in [1.165, 1.54) is 37.5 Å². The van der Waals surface area contributed by atoms with Crippen LogP contribution < -0.4 is 5.32 Å². The Bertz CT molecular complexity index is 454. The second-order valence-electron chi connectivity index (χ2n) is 4.66. The molecule has 1 aliphatic rings. The standard InChI is InChI=1S/C14H19N3O/c1-11-9-15-10-13(17-11)14(18)16-8-7-12-5-3-2-4-6-12/h5,9-10H,2-4,6-8H2,1H3,(H,16,18). The molecule has 96 valence electrons. The lowest BCUT2D eigenvalue weighted by Gasteiger charge is -2.12. The Morgan fingerprint density at radius 2 is 2.28 bits per heavy atom. The first-order valence-electron chi connectivity index (χ1n) is 6.50. The molecule has 4 heteroatoms. The summed E-state index contributed by atoms with van der Waals surface area (Å²) in [6.45, 7) is 2.51. The van der Waals surface area contributed by atoms with E-state index in [1.807, 2.05) is 6.92 Å². The van der Waals surface area contributed by atoms with E-state index in [4.69, 9.17) is 0 Å². The fraction of sp³-hybridized carbons (Fsp3) is 0.500. The Kier molecular flexibility index (Phi) is 4.45. The topological polar surface area (TPSA) is 54.9 Å². The van der Waals surface area contributed by atoms with Gasteiger partial charge in [0.05, 0.1) is 11.9 Å². The van der Waals surface area contributed by atoms with E-state index >= 15 is 0 Å². The van der Waals surface area contributed by atoms with Gasteiger partial charge in [0, 0.05) is 12.7 Å². The van der Waals surface area contributed by atoms with Crippen LogP contribution in [0.15, 0.2) is 24.0 Å². The van der Waals surface area contributed by atoms with E-state index in [2.05, 4.69) is 21.4 Å². The van der Waals surface area contributed by atoms with Crippen molar-refractivity contribution in [3.8, 4) is 0 Å². The molecule has 1 aliphatic carbocycles. The van der Waals surface area contributed by atoms with Gasteiger partial charge in [-0.05, 0) is 39.0 Å². The molecule has 1 N–H and O–H groups in total. The number of aryl methyl sites for hydroxylation is 1. The minimum Gasteiger partial charge on any atom is -0.350 e. The zero-order chi connectivity index (χ0) is 12.8. The maximum atomic E-state index is 11.8. The van der Waals surface area contributed by atoms with Crippen molar-refractivity contribution in [1.29, 1.82) is 0 Å². The van der Waals surface area contributed by atoms with Crippen LogP contribution in [-0.2, 0) is 0 Å². The van der Waals surface area contributed by atoms with Crippen LogP contribution in [0.5, 0.6) is 0 Å². The number of allylic oxidation sites excluding steroid dienone is 1. The van der Waals surface area contributed by atoms with Crippen LogP contribution in [0.25, 0.3) is 0 Å². The second kappa shape index (κ2) is 6.28. The maximum Gasteiger partial charge on any atom is 0.271 e. The molecule has 0 aliphatic heterocycles. The zero-order valence-electron chi connectivity index (χ0n) is 10.8. The van der Waals surface area contributed by atoms with Crippen LogP contribution in [0, 0.1) is 6.92 Å². The lowest BCUT2D eigenvalue weighted by atomic mass is 9.97. The van der Waals surface area contributed by atoms with Crippen LogP contribution in [-0.4, -0.2) is 22.4 Å². The van der Waals surface area contributed by atoms with Gasteiger partial charge >= 0.3 is 0 Å². The molecule has 0 unspecified atom stereocenters. The van der Waals surface area contributed by atoms with Gasteiger partial charge in [0.15, 0.2) is 0 Å². The van der Waals surface area contributed by atoms with Gasteiger partial charge in [-0.15, -0.1) is 0 Å². The molecule has 0 atom stereocenters. The van der Waals surface area contributed by atoms with Crippen LogP contribution in [0.1, 0.15) is 48.3 Å². The van der Waals surface area contributed by atoms with Gasteiger partial charge in [-0.3, -0.25) is 9.78 Å². The van der Waals surface area contributed by atoms with Gasteiger partial charge in [-0.2, -0.15) is 0 Å². The summed E-state index contributed by atoms with van der Waals surface area (Å²) >= 11 is 0. The van der Waals surface area contributed by atoms with Crippen molar-refractivity contribution in [2.75, 3.05) is 6.54 Å². The van der Waals surface area contributed by atoms with Crippen molar-refractivity contribution < 1.29 is 4.79 Å². The van der Waals surface area contributed by atoms with Crippen molar-refractivity contribution >= 4 is 5.91 Å². The lowest BCUT2D eigenvalue weighted by molar-refractivity contribution is 0.0948. The third-order valence-electron chi connectivity index (χ3n) is 3.10. The third-order valence-corrected chi connectivity index (χ3v) is 3.10. The van der Waals surface area contributed by atoms with Gasteiger partial charge in [0.2, 0.25) is 0 Å². The van der Waals surface area contributed by atoms with Gasteiger partial charge in [-0.25, -0.2) is 4.98 Å². The Morgan fingerprint density at radius 3 is 3.00 bits per heavy atom. The van der Waals surface area contributed by atoms with Crippen molar-refractivity contribution in [3.05, 3.63) is 35.4 Å². The number of carbonyl (C=O) groups excluding carboxylic acids is 1. The molecular weight excluding hydrogens is 226 g/mol. The van der Waals surface area contributed by atoms with Crippen LogP contribution in [0.3, 0.4) is 0 Å². The molecule has 0 spiro atoms. The monoisotopic (exact) mass is 245 g/mol.